The molecule has 0 radical (unpaired) electrons. The fraction of sp³-hybridized carbons (Fsp3) is 0.280. The average molecular weight is 548 g/mol. The number of dihydropyridines is 1. The van der Waals surface area contributed by atoms with Crippen molar-refractivity contribution in [3.05, 3.63) is 98.4 Å². The van der Waals surface area contributed by atoms with E-state index in [0.29, 0.717) is 29.2 Å². The first kappa shape index (κ1) is 27.3. The number of aromatic nitrogens is 4. The number of allylic oxidation sites excluding steroid dienone is 2. The highest BCUT2D eigenvalue weighted by Gasteiger charge is 2.36. The maximum Gasteiger partial charge on any atom is 0.372 e. The van der Waals surface area contributed by atoms with Crippen LogP contribution in [0, 0.1) is 18.6 Å². The van der Waals surface area contributed by atoms with E-state index in [9.17, 15) is 28.9 Å². The third-order valence-corrected chi connectivity index (χ3v) is 6.01. The first-order valence-electron chi connectivity index (χ1n) is 11.3. The molecule has 3 aromatic rings. The van der Waals surface area contributed by atoms with Crippen molar-refractivity contribution in [2.75, 3.05) is 0 Å². The molecular formula is C25H24ClF2N5O5. The van der Waals surface area contributed by atoms with E-state index in [2.05, 4.69) is 20.3 Å². The number of nitrogens with one attached hydrogen (secondary N) is 1. The predicted octanol–water partition coefficient (Wildman–Crippen LogP) is 2.76. The lowest BCUT2D eigenvalue weighted by molar-refractivity contribution is -0.308. The fourth-order valence-corrected chi connectivity index (χ4v) is 3.98. The van der Waals surface area contributed by atoms with Crippen LogP contribution in [0.5, 0.6) is 5.75 Å². The van der Waals surface area contributed by atoms with Crippen LogP contribution >= 0.6 is 11.6 Å². The maximum atomic E-state index is 14.1. The van der Waals surface area contributed by atoms with Gasteiger partial charge in [-0.15, -0.1) is 0 Å². The fourth-order valence-electron chi connectivity index (χ4n) is 3.80. The molecule has 0 fully saturated rings. The number of nitrogens with zero attached hydrogens (tertiary/aromatic N) is 4. The molecule has 1 aliphatic heterocycles. The highest BCUT2D eigenvalue weighted by molar-refractivity contribution is 6.31. The lowest BCUT2D eigenvalue weighted by atomic mass is 10.0. The van der Waals surface area contributed by atoms with Crippen molar-refractivity contribution in [1.29, 1.82) is 0 Å². The Hall–Kier alpha value is -3.71. The Labute approximate surface area is 220 Å². The number of aryl methyl sites for hydroxylation is 1. The molecule has 4 heterocycles. The molecule has 1 aliphatic rings. The van der Waals surface area contributed by atoms with Gasteiger partial charge in [0.25, 0.3) is 5.56 Å². The SMILES string of the molecule is CC1=CNC(c2ccnc(C(C)(C)O)n2)C=C1n1c(C)cc(OC(O)(O)c2ncc(F)cc2F)c(Cl)c1=O. The predicted molar refractivity (Wildman–Crippen MR) is 133 cm³/mol. The van der Waals surface area contributed by atoms with Crippen LogP contribution in [-0.4, -0.2) is 34.8 Å². The summed E-state index contributed by atoms with van der Waals surface area (Å²) in [5, 5.41) is 33.5. The van der Waals surface area contributed by atoms with Gasteiger partial charge in [0.15, 0.2) is 23.1 Å². The molecule has 4 N–H and O–H groups in total. The standard InChI is InChI=1S/C25H24ClF2N5O5/c1-12-10-30-17(16-5-6-29-23(32-16)24(3,4)35)9-18(12)33-13(2)7-19(20(26)22(33)34)38-25(36,37)21-15(28)8-14(27)11-31-21/h5-11,17,30,35-37H,1-4H3. The van der Waals surface area contributed by atoms with Crippen LogP contribution in [-0.2, 0) is 11.6 Å². The van der Waals surface area contributed by atoms with Crippen LogP contribution in [0.15, 0.2) is 53.2 Å². The average Bonchev–Trinajstić information content (AvgIpc) is 2.82. The van der Waals surface area contributed by atoms with Gasteiger partial charge < -0.3 is 25.4 Å². The molecule has 0 saturated heterocycles. The number of hydrogen-bond acceptors (Lipinski definition) is 9. The van der Waals surface area contributed by atoms with Crippen LogP contribution in [0.25, 0.3) is 5.70 Å². The van der Waals surface area contributed by atoms with Crippen LogP contribution in [0.2, 0.25) is 5.02 Å². The van der Waals surface area contributed by atoms with Crippen LogP contribution in [0.1, 0.15) is 49.7 Å². The van der Waals surface area contributed by atoms with Crippen LogP contribution in [0.4, 0.5) is 8.78 Å². The molecule has 4 rings (SSSR count). The van der Waals surface area contributed by atoms with E-state index in [1.165, 1.54) is 16.8 Å². The lowest BCUT2D eigenvalue weighted by Gasteiger charge is -2.26. The number of rotatable bonds is 6. The zero-order valence-corrected chi connectivity index (χ0v) is 21.5. The van der Waals surface area contributed by atoms with Crippen molar-refractivity contribution >= 4 is 17.3 Å². The normalized spacial score (nSPS) is 16.0. The van der Waals surface area contributed by atoms with E-state index >= 15 is 0 Å². The van der Waals surface area contributed by atoms with Gasteiger partial charge in [0.1, 0.15) is 16.4 Å². The minimum atomic E-state index is -3.35. The molecule has 0 aliphatic carbocycles. The van der Waals surface area contributed by atoms with Crippen molar-refractivity contribution in [3.63, 3.8) is 0 Å². The Morgan fingerprint density at radius 1 is 1.16 bits per heavy atom. The Morgan fingerprint density at radius 3 is 2.53 bits per heavy atom. The molecule has 0 spiro atoms. The smallest absolute Gasteiger partial charge is 0.372 e. The Balaban J connectivity index is 1.73. The van der Waals surface area contributed by atoms with Crippen molar-refractivity contribution in [1.82, 2.24) is 24.8 Å². The second-order valence-corrected chi connectivity index (χ2v) is 9.56. The molecule has 13 heteroatoms. The van der Waals surface area contributed by atoms with E-state index in [1.807, 2.05) is 0 Å². The molecule has 200 valence electrons. The van der Waals surface area contributed by atoms with Gasteiger partial charge in [-0.05, 0) is 45.4 Å². The second-order valence-electron chi connectivity index (χ2n) is 9.19. The molecule has 0 aromatic carbocycles. The largest absolute Gasteiger partial charge is 0.433 e. The topological polar surface area (TPSA) is 143 Å². The van der Waals surface area contributed by atoms with E-state index in [-0.39, 0.29) is 11.5 Å². The number of hydrogen-bond donors (Lipinski definition) is 4. The Bertz CT molecular complexity index is 1530. The summed E-state index contributed by atoms with van der Waals surface area (Å²) in [6, 6.07) is 2.83. The quantitative estimate of drug-likeness (QED) is 0.343. The van der Waals surface area contributed by atoms with Crippen LogP contribution < -0.4 is 15.6 Å². The van der Waals surface area contributed by atoms with Crippen molar-refractivity contribution in [2.45, 2.75) is 45.3 Å². The minimum Gasteiger partial charge on any atom is -0.433 e. The van der Waals surface area contributed by atoms with E-state index in [1.54, 1.807) is 46.0 Å². The van der Waals surface area contributed by atoms with Gasteiger partial charge in [-0.2, -0.15) is 0 Å². The van der Waals surface area contributed by atoms with Crippen molar-refractivity contribution in [3.8, 4) is 5.75 Å². The summed E-state index contributed by atoms with van der Waals surface area (Å²) in [6.07, 6.45) is 5.51. The third kappa shape index (κ3) is 5.29. The molecule has 3 aromatic heterocycles. The summed E-state index contributed by atoms with van der Waals surface area (Å²) in [5.74, 6) is -6.00. The number of pyridine rings is 2. The van der Waals surface area contributed by atoms with Crippen molar-refractivity contribution < 1.29 is 28.8 Å². The maximum absolute atomic E-state index is 14.1. The molecule has 38 heavy (non-hydrogen) atoms. The minimum absolute atomic E-state index is 0.222. The summed E-state index contributed by atoms with van der Waals surface area (Å²) < 4.78 is 33.6. The molecule has 0 amide bonds. The third-order valence-electron chi connectivity index (χ3n) is 5.66. The Kier molecular flexibility index (Phi) is 7.10. The zero-order chi connectivity index (χ0) is 28.0. The zero-order valence-electron chi connectivity index (χ0n) is 20.7. The number of ether oxygens (including phenoxy) is 1. The van der Waals surface area contributed by atoms with Gasteiger partial charge in [0, 0.05) is 30.2 Å². The van der Waals surface area contributed by atoms with Gasteiger partial charge in [-0.3, -0.25) is 9.36 Å². The first-order chi connectivity index (χ1) is 17.7. The molecule has 10 nitrogen and oxygen atoms in total. The van der Waals surface area contributed by atoms with E-state index in [0.717, 1.165) is 0 Å². The summed E-state index contributed by atoms with van der Waals surface area (Å²) in [4.78, 5) is 25.2. The summed E-state index contributed by atoms with van der Waals surface area (Å²) in [7, 11) is 0. The monoisotopic (exact) mass is 547 g/mol. The molecule has 0 bridgehead atoms. The van der Waals surface area contributed by atoms with E-state index in [4.69, 9.17) is 16.3 Å². The molecule has 1 atom stereocenters. The highest BCUT2D eigenvalue weighted by atomic mass is 35.5. The summed E-state index contributed by atoms with van der Waals surface area (Å²) in [5.41, 5.74) is -1.09. The molecular weight excluding hydrogens is 524 g/mol. The van der Waals surface area contributed by atoms with Crippen LogP contribution in [0.3, 0.4) is 0 Å². The van der Waals surface area contributed by atoms with Gasteiger partial charge in [-0.1, -0.05) is 11.6 Å². The number of halogens is 3. The Morgan fingerprint density at radius 2 is 1.87 bits per heavy atom. The summed E-state index contributed by atoms with van der Waals surface area (Å²) in [6.45, 7) is 6.44. The number of aliphatic hydroxyl groups is 3. The molecule has 1 unspecified atom stereocenters. The van der Waals surface area contributed by atoms with Gasteiger partial charge in [-0.25, -0.2) is 23.7 Å². The summed E-state index contributed by atoms with van der Waals surface area (Å²) >= 11 is 6.25. The highest BCUT2D eigenvalue weighted by Crippen LogP contribution is 2.32. The van der Waals surface area contributed by atoms with Gasteiger partial charge >= 0.3 is 5.97 Å². The second kappa shape index (κ2) is 9.87. The van der Waals surface area contributed by atoms with Crippen molar-refractivity contribution in [2.24, 2.45) is 0 Å². The molecule has 0 saturated carbocycles. The van der Waals surface area contributed by atoms with Gasteiger partial charge in [0.2, 0.25) is 0 Å². The first-order valence-corrected chi connectivity index (χ1v) is 11.7. The van der Waals surface area contributed by atoms with Gasteiger partial charge in [0.05, 0.1) is 23.6 Å². The lowest BCUT2D eigenvalue weighted by Crippen LogP contribution is -2.36. The van der Waals surface area contributed by atoms with E-state index < -0.39 is 51.3 Å².